The summed E-state index contributed by atoms with van der Waals surface area (Å²) in [5.41, 5.74) is 7.90. The van der Waals surface area contributed by atoms with Crippen LogP contribution in [0.2, 0.25) is 5.02 Å². The highest BCUT2D eigenvalue weighted by Gasteiger charge is 2.28. The van der Waals surface area contributed by atoms with Gasteiger partial charge in [0.05, 0.1) is 12.1 Å². The Balaban J connectivity index is 0.00000256. The maximum Gasteiger partial charge on any atom is 0.258 e. The number of rotatable bonds is 6. The maximum absolute atomic E-state index is 13.1. The van der Waals surface area contributed by atoms with Gasteiger partial charge in [-0.3, -0.25) is 4.79 Å². The summed E-state index contributed by atoms with van der Waals surface area (Å²) in [5, 5.41) is 0.484. The molecule has 1 aromatic heterocycles. The number of fused-ring (bicyclic) bond motifs is 1. The molecular formula is C22H23Cl2N3O3. The standard InChI is InChI=1S/C22H22ClN3O3.ClH/c23-16-6-7-19(28-11-9-24)17(13-16)22(27)26-10-8-20-18(14-26)25-21(29-20)12-15-4-2-1-3-5-15;/h1-7,13H,8-12,14,24H2;1H. The molecule has 6 nitrogen and oxygen atoms in total. The van der Waals surface area contributed by atoms with Crippen molar-refractivity contribution in [3.8, 4) is 5.75 Å². The average molecular weight is 448 g/mol. The van der Waals surface area contributed by atoms with Crippen LogP contribution in [0.15, 0.2) is 52.9 Å². The second-order valence-corrected chi connectivity index (χ2v) is 7.33. The molecule has 0 saturated heterocycles. The van der Waals surface area contributed by atoms with E-state index in [0.717, 1.165) is 17.0 Å². The largest absolute Gasteiger partial charge is 0.491 e. The molecule has 2 aromatic carbocycles. The zero-order chi connectivity index (χ0) is 20.2. The summed E-state index contributed by atoms with van der Waals surface area (Å²) in [6.45, 7) is 1.65. The predicted octanol–water partition coefficient (Wildman–Crippen LogP) is 3.88. The number of carbonyl (C=O) groups is 1. The Kier molecular flexibility index (Phi) is 7.37. The second kappa shape index (κ2) is 9.98. The van der Waals surface area contributed by atoms with Gasteiger partial charge in [-0.15, -0.1) is 12.4 Å². The number of nitrogens with zero attached hydrogens (tertiary/aromatic N) is 2. The number of nitrogens with two attached hydrogens (primary N) is 1. The van der Waals surface area contributed by atoms with E-state index in [-0.39, 0.29) is 18.3 Å². The van der Waals surface area contributed by atoms with Gasteiger partial charge in [0.25, 0.3) is 5.91 Å². The van der Waals surface area contributed by atoms with E-state index < -0.39 is 0 Å². The van der Waals surface area contributed by atoms with E-state index >= 15 is 0 Å². The van der Waals surface area contributed by atoms with Crippen LogP contribution in [0.5, 0.6) is 5.75 Å². The molecule has 30 heavy (non-hydrogen) atoms. The van der Waals surface area contributed by atoms with Crippen molar-refractivity contribution in [3.05, 3.63) is 82.0 Å². The number of hydrogen-bond donors (Lipinski definition) is 1. The highest BCUT2D eigenvalue weighted by Crippen LogP contribution is 2.27. The van der Waals surface area contributed by atoms with Crippen LogP contribution < -0.4 is 10.5 Å². The molecule has 0 aliphatic carbocycles. The lowest BCUT2D eigenvalue weighted by Crippen LogP contribution is -2.36. The predicted molar refractivity (Wildman–Crippen MR) is 117 cm³/mol. The maximum atomic E-state index is 13.1. The van der Waals surface area contributed by atoms with E-state index in [1.165, 1.54) is 0 Å². The third-order valence-corrected chi connectivity index (χ3v) is 5.04. The molecule has 158 valence electrons. The Bertz CT molecular complexity index is 1010. The number of halogens is 2. The minimum absolute atomic E-state index is 0. The molecule has 0 radical (unpaired) electrons. The van der Waals surface area contributed by atoms with Crippen molar-refractivity contribution in [2.75, 3.05) is 19.7 Å². The molecule has 3 aromatic rings. The van der Waals surface area contributed by atoms with Gasteiger partial charge in [0.1, 0.15) is 23.8 Å². The van der Waals surface area contributed by atoms with Crippen LogP contribution in [0.1, 0.15) is 33.3 Å². The number of oxazole rings is 1. The van der Waals surface area contributed by atoms with Gasteiger partial charge in [0.15, 0.2) is 5.89 Å². The quantitative estimate of drug-likeness (QED) is 0.619. The molecule has 1 aliphatic heterocycles. The smallest absolute Gasteiger partial charge is 0.258 e. The van der Waals surface area contributed by atoms with Crippen LogP contribution in [0.4, 0.5) is 0 Å². The van der Waals surface area contributed by atoms with Crippen molar-refractivity contribution < 1.29 is 13.9 Å². The summed E-state index contributed by atoms with van der Waals surface area (Å²) in [6.07, 6.45) is 1.26. The minimum Gasteiger partial charge on any atom is -0.491 e. The van der Waals surface area contributed by atoms with Crippen molar-refractivity contribution in [1.82, 2.24) is 9.88 Å². The molecule has 4 rings (SSSR count). The Morgan fingerprint density at radius 1 is 1.23 bits per heavy atom. The first kappa shape index (κ1) is 22.2. The number of aromatic nitrogens is 1. The van der Waals surface area contributed by atoms with Crippen molar-refractivity contribution in [2.45, 2.75) is 19.4 Å². The summed E-state index contributed by atoms with van der Waals surface area (Å²) in [7, 11) is 0. The summed E-state index contributed by atoms with van der Waals surface area (Å²) in [6, 6.07) is 15.1. The third kappa shape index (κ3) is 4.95. The van der Waals surface area contributed by atoms with Gasteiger partial charge in [-0.1, -0.05) is 41.9 Å². The van der Waals surface area contributed by atoms with Crippen LogP contribution in [0.3, 0.4) is 0 Å². The van der Waals surface area contributed by atoms with Gasteiger partial charge in [-0.2, -0.15) is 0 Å². The average Bonchev–Trinajstić information content (AvgIpc) is 3.14. The Morgan fingerprint density at radius 2 is 2.03 bits per heavy atom. The van der Waals surface area contributed by atoms with Gasteiger partial charge >= 0.3 is 0 Å². The van der Waals surface area contributed by atoms with E-state index in [0.29, 0.717) is 61.3 Å². The number of carbonyl (C=O) groups excluding carboxylic acids is 1. The first-order chi connectivity index (χ1) is 14.1. The van der Waals surface area contributed by atoms with E-state index in [9.17, 15) is 4.79 Å². The zero-order valence-electron chi connectivity index (χ0n) is 16.3. The molecule has 8 heteroatoms. The van der Waals surface area contributed by atoms with Gasteiger partial charge in [-0.05, 0) is 23.8 Å². The molecule has 0 atom stereocenters. The molecule has 0 bridgehead atoms. The SMILES string of the molecule is Cl.NCCOc1ccc(Cl)cc1C(=O)N1CCc2oc(Cc3ccccc3)nc2C1. The van der Waals surface area contributed by atoms with E-state index in [1.807, 2.05) is 30.3 Å². The van der Waals surface area contributed by atoms with Crippen LogP contribution in [0, 0.1) is 0 Å². The summed E-state index contributed by atoms with van der Waals surface area (Å²) < 4.78 is 11.6. The monoisotopic (exact) mass is 447 g/mol. The Labute approximate surface area is 186 Å². The van der Waals surface area contributed by atoms with E-state index in [2.05, 4.69) is 4.98 Å². The summed E-state index contributed by atoms with van der Waals surface area (Å²) >= 11 is 6.12. The van der Waals surface area contributed by atoms with E-state index in [4.69, 9.17) is 26.5 Å². The third-order valence-electron chi connectivity index (χ3n) is 4.80. The van der Waals surface area contributed by atoms with Crippen LogP contribution in [0.25, 0.3) is 0 Å². The first-order valence-corrected chi connectivity index (χ1v) is 9.95. The lowest BCUT2D eigenvalue weighted by Gasteiger charge is -2.26. The molecule has 1 amide bonds. The first-order valence-electron chi connectivity index (χ1n) is 9.57. The number of ether oxygens (including phenoxy) is 1. The molecule has 0 unspecified atom stereocenters. The van der Waals surface area contributed by atoms with Crippen LogP contribution in [-0.2, 0) is 19.4 Å². The summed E-state index contributed by atoms with van der Waals surface area (Å²) in [5.74, 6) is 1.87. The van der Waals surface area contributed by atoms with Crippen LogP contribution >= 0.6 is 24.0 Å². The normalized spacial score (nSPS) is 12.8. The number of amides is 1. The molecule has 1 aliphatic rings. The highest BCUT2D eigenvalue weighted by molar-refractivity contribution is 6.31. The second-order valence-electron chi connectivity index (χ2n) is 6.89. The van der Waals surface area contributed by atoms with Gasteiger partial charge < -0.3 is 19.8 Å². The number of hydrogen-bond acceptors (Lipinski definition) is 5. The fraction of sp³-hybridized carbons (Fsp3) is 0.273. The van der Waals surface area contributed by atoms with Crippen molar-refractivity contribution in [2.24, 2.45) is 5.73 Å². The van der Waals surface area contributed by atoms with Crippen molar-refractivity contribution in [1.29, 1.82) is 0 Å². The summed E-state index contributed by atoms with van der Waals surface area (Å²) in [4.78, 5) is 19.5. The molecule has 0 spiro atoms. The number of benzene rings is 2. The molecule has 0 saturated carbocycles. The van der Waals surface area contributed by atoms with Gasteiger partial charge in [0.2, 0.25) is 0 Å². The molecule has 2 N–H and O–H groups in total. The van der Waals surface area contributed by atoms with Crippen molar-refractivity contribution >= 4 is 29.9 Å². The Morgan fingerprint density at radius 3 is 2.80 bits per heavy atom. The van der Waals surface area contributed by atoms with Gasteiger partial charge in [-0.25, -0.2) is 4.98 Å². The van der Waals surface area contributed by atoms with Crippen molar-refractivity contribution in [3.63, 3.8) is 0 Å². The highest BCUT2D eigenvalue weighted by atomic mass is 35.5. The fourth-order valence-corrected chi connectivity index (χ4v) is 3.58. The lowest BCUT2D eigenvalue weighted by molar-refractivity contribution is 0.0723. The van der Waals surface area contributed by atoms with Crippen LogP contribution in [-0.4, -0.2) is 35.5 Å². The molecule has 2 heterocycles. The fourth-order valence-electron chi connectivity index (χ4n) is 3.41. The zero-order valence-corrected chi connectivity index (χ0v) is 17.9. The topological polar surface area (TPSA) is 81.6 Å². The molecule has 0 fully saturated rings. The molecular weight excluding hydrogens is 425 g/mol. The lowest BCUT2D eigenvalue weighted by atomic mass is 10.1. The minimum atomic E-state index is -0.141. The Hall–Kier alpha value is -2.54. The van der Waals surface area contributed by atoms with Gasteiger partial charge in [0, 0.05) is 31.0 Å². The van der Waals surface area contributed by atoms with E-state index in [1.54, 1.807) is 23.1 Å².